The fourth-order valence-electron chi connectivity index (χ4n) is 4.64. The number of piperidine rings is 1. The van der Waals surface area contributed by atoms with Gasteiger partial charge in [0.1, 0.15) is 0 Å². The van der Waals surface area contributed by atoms with Gasteiger partial charge in [-0.1, -0.05) is 32.0 Å². The van der Waals surface area contributed by atoms with Crippen molar-refractivity contribution in [2.45, 2.75) is 39.5 Å². The largest absolute Gasteiger partial charge is 0.343 e. The highest BCUT2D eigenvalue weighted by Gasteiger charge is 2.31. The first-order valence-electron chi connectivity index (χ1n) is 11.1. The second-order valence-electron chi connectivity index (χ2n) is 9.65. The second kappa shape index (κ2) is 8.73. The number of Topliss-reactive ketones (excluding diaryl/α,β-unsaturated/α-hetero) is 1. The van der Waals surface area contributed by atoms with Crippen LogP contribution in [0.15, 0.2) is 47.5 Å². The van der Waals surface area contributed by atoms with E-state index in [-0.39, 0.29) is 28.6 Å². The number of aromatic nitrogens is 3. The third-order valence-corrected chi connectivity index (χ3v) is 6.32. The molecule has 1 amide bonds. The number of aromatic amines is 1. The molecule has 0 spiro atoms. The van der Waals surface area contributed by atoms with Crippen molar-refractivity contribution in [3.05, 3.63) is 64.3 Å². The van der Waals surface area contributed by atoms with E-state index in [2.05, 4.69) is 23.9 Å². The van der Waals surface area contributed by atoms with Gasteiger partial charge in [-0.2, -0.15) is 5.10 Å². The molecule has 1 aromatic carbocycles. The first-order chi connectivity index (χ1) is 15.2. The average molecular weight is 435 g/mol. The van der Waals surface area contributed by atoms with Crippen molar-refractivity contribution in [3.63, 3.8) is 0 Å². The number of H-pyrrole nitrogens is 1. The molecule has 1 N–H and O–H groups in total. The first kappa shape index (κ1) is 22.0. The smallest absolute Gasteiger partial charge is 0.256 e. The maximum Gasteiger partial charge on any atom is 0.256 e. The molecule has 4 rings (SSSR count). The molecule has 0 unspecified atom stereocenters. The van der Waals surface area contributed by atoms with Gasteiger partial charge in [-0.25, -0.2) is 0 Å². The summed E-state index contributed by atoms with van der Waals surface area (Å²) in [4.78, 5) is 42.9. The number of carbonyl (C=O) groups is 2. The fourth-order valence-corrected chi connectivity index (χ4v) is 4.64. The molecule has 32 heavy (non-hydrogen) atoms. The zero-order valence-corrected chi connectivity index (χ0v) is 18.9. The minimum absolute atomic E-state index is 0.0565. The predicted molar refractivity (Wildman–Crippen MR) is 124 cm³/mol. The van der Waals surface area contributed by atoms with Crippen LogP contribution in [0.2, 0.25) is 0 Å². The van der Waals surface area contributed by atoms with Gasteiger partial charge in [-0.15, -0.1) is 0 Å². The van der Waals surface area contributed by atoms with Gasteiger partial charge in [0, 0.05) is 49.8 Å². The van der Waals surface area contributed by atoms with Crippen molar-refractivity contribution < 1.29 is 9.59 Å². The fraction of sp³-hybridized carbons (Fsp3) is 0.440. The van der Waals surface area contributed by atoms with Gasteiger partial charge in [0.2, 0.25) is 5.91 Å². The number of amides is 1. The summed E-state index contributed by atoms with van der Waals surface area (Å²) in [7, 11) is 1.80. The molecule has 1 aliphatic heterocycles. The van der Waals surface area contributed by atoms with Gasteiger partial charge in [0.25, 0.3) is 5.56 Å². The Morgan fingerprint density at radius 3 is 2.59 bits per heavy atom. The van der Waals surface area contributed by atoms with E-state index in [4.69, 9.17) is 0 Å². The topological polar surface area (TPSA) is 88.1 Å². The zero-order chi connectivity index (χ0) is 22.9. The number of benzene rings is 1. The number of hydrogen-bond acceptors (Lipinski definition) is 4. The van der Waals surface area contributed by atoms with E-state index in [9.17, 15) is 14.4 Å². The standard InChI is InChI=1S/C25H30N4O3/c1-25(2,13-20-12-18-6-4-5-7-21(18)24(32)27-20)14-22(30)29-10-8-17(9-11-29)23(31)19-15-26-28(3)16-19/h4-7,12,15-17H,8-11,13-14H2,1-3H3,(H,27,32). The molecule has 1 aliphatic rings. The van der Waals surface area contributed by atoms with Crippen LogP contribution in [0.1, 0.15) is 49.2 Å². The van der Waals surface area contributed by atoms with Crippen molar-refractivity contribution in [3.8, 4) is 0 Å². The minimum Gasteiger partial charge on any atom is -0.343 e. The van der Waals surface area contributed by atoms with Gasteiger partial charge in [-0.3, -0.25) is 19.1 Å². The molecule has 0 bridgehead atoms. The number of rotatable bonds is 6. The number of ketones is 1. The SMILES string of the molecule is Cn1cc(C(=O)C2CCN(C(=O)CC(C)(C)Cc3cc4ccccc4c(=O)[nH]3)CC2)cn1. The Bertz CT molecular complexity index is 1200. The number of pyridine rings is 1. The lowest BCUT2D eigenvalue weighted by atomic mass is 9.83. The first-order valence-corrected chi connectivity index (χ1v) is 11.1. The van der Waals surface area contributed by atoms with Crippen LogP contribution in [-0.4, -0.2) is 44.4 Å². The molecule has 0 atom stereocenters. The van der Waals surface area contributed by atoms with Gasteiger partial charge >= 0.3 is 0 Å². The number of fused-ring (bicyclic) bond motifs is 1. The Morgan fingerprint density at radius 1 is 1.19 bits per heavy atom. The quantitative estimate of drug-likeness (QED) is 0.603. The molecule has 3 heterocycles. The van der Waals surface area contributed by atoms with Crippen LogP contribution in [0.5, 0.6) is 0 Å². The van der Waals surface area contributed by atoms with Crippen LogP contribution in [-0.2, 0) is 18.3 Å². The molecule has 0 radical (unpaired) electrons. The van der Waals surface area contributed by atoms with Crippen molar-refractivity contribution in [2.24, 2.45) is 18.4 Å². The minimum atomic E-state index is -0.301. The lowest BCUT2D eigenvalue weighted by Crippen LogP contribution is -2.42. The van der Waals surface area contributed by atoms with Crippen LogP contribution in [0.25, 0.3) is 10.8 Å². The molecule has 3 aromatic rings. The Labute approximate surface area is 187 Å². The molecule has 168 valence electrons. The number of nitrogens with one attached hydrogen (secondary N) is 1. The number of aryl methyl sites for hydroxylation is 1. The summed E-state index contributed by atoms with van der Waals surface area (Å²) in [6.45, 7) is 5.30. The third-order valence-electron chi connectivity index (χ3n) is 6.32. The number of hydrogen-bond donors (Lipinski definition) is 1. The highest BCUT2D eigenvalue weighted by Crippen LogP contribution is 2.29. The zero-order valence-electron chi connectivity index (χ0n) is 18.9. The van der Waals surface area contributed by atoms with Crippen LogP contribution in [0.4, 0.5) is 0 Å². The predicted octanol–water partition coefficient (Wildman–Crippen LogP) is 3.34. The van der Waals surface area contributed by atoms with Crippen LogP contribution < -0.4 is 5.56 Å². The molecule has 0 aliphatic carbocycles. The van der Waals surface area contributed by atoms with Gasteiger partial charge in [-0.05, 0) is 42.2 Å². The van der Waals surface area contributed by atoms with Crippen molar-refractivity contribution in [1.82, 2.24) is 19.7 Å². The van der Waals surface area contributed by atoms with Crippen molar-refractivity contribution in [2.75, 3.05) is 13.1 Å². The molecule has 0 saturated carbocycles. The monoisotopic (exact) mass is 434 g/mol. The Kier molecular flexibility index (Phi) is 6.00. The van der Waals surface area contributed by atoms with Crippen LogP contribution in [0.3, 0.4) is 0 Å². The lowest BCUT2D eigenvalue weighted by molar-refractivity contribution is -0.134. The Hall–Kier alpha value is -3.22. The molecule has 1 saturated heterocycles. The summed E-state index contributed by atoms with van der Waals surface area (Å²) >= 11 is 0. The van der Waals surface area contributed by atoms with Gasteiger partial charge in [0.05, 0.1) is 11.8 Å². The van der Waals surface area contributed by atoms with Gasteiger partial charge < -0.3 is 9.88 Å². The summed E-state index contributed by atoms with van der Waals surface area (Å²) in [5.74, 6) is 0.162. The van der Waals surface area contributed by atoms with E-state index in [1.54, 1.807) is 24.1 Å². The summed E-state index contributed by atoms with van der Waals surface area (Å²) in [6, 6.07) is 9.52. The summed E-state index contributed by atoms with van der Waals surface area (Å²) in [5, 5.41) is 5.67. The van der Waals surface area contributed by atoms with E-state index in [1.165, 1.54) is 0 Å². The number of likely N-dealkylation sites (tertiary alicyclic amines) is 1. The molecule has 7 nitrogen and oxygen atoms in total. The third kappa shape index (κ3) is 4.82. The van der Waals surface area contributed by atoms with Crippen LogP contribution >= 0.6 is 0 Å². The Balaban J connectivity index is 1.35. The maximum absolute atomic E-state index is 13.0. The summed E-state index contributed by atoms with van der Waals surface area (Å²) in [5.41, 5.74) is 1.08. The van der Waals surface area contributed by atoms with E-state index >= 15 is 0 Å². The van der Waals surface area contributed by atoms with Gasteiger partial charge in [0.15, 0.2) is 5.78 Å². The Morgan fingerprint density at radius 2 is 1.91 bits per heavy atom. The highest BCUT2D eigenvalue weighted by molar-refractivity contribution is 5.97. The second-order valence-corrected chi connectivity index (χ2v) is 9.65. The molecule has 1 fully saturated rings. The summed E-state index contributed by atoms with van der Waals surface area (Å²) < 4.78 is 1.64. The normalized spacial score (nSPS) is 15.3. The molecular formula is C25H30N4O3. The van der Waals surface area contributed by atoms with Crippen molar-refractivity contribution in [1.29, 1.82) is 0 Å². The average Bonchev–Trinajstić information content (AvgIpc) is 3.19. The van der Waals surface area contributed by atoms with E-state index in [0.29, 0.717) is 49.7 Å². The molecule has 2 aromatic heterocycles. The van der Waals surface area contributed by atoms with Crippen molar-refractivity contribution >= 4 is 22.5 Å². The maximum atomic E-state index is 13.0. The number of nitrogens with zero attached hydrogens (tertiary/aromatic N) is 3. The van der Waals surface area contributed by atoms with E-state index < -0.39 is 0 Å². The van der Waals surface area contributed by atoms with E-state index in [0.717, 1.165) is 11.1 Å². The highest BCUT2D eigenvalue weighted by atomic mass is 16.2. The van der Waals surface area contributed by atoms with Crippen LogP contribution in [0, 0.1) is 11.3 Å². The number of carbonyl (C=O) groups excluding carboxylic acids is 2. The van der Waals surface area contributed by atoms with E-state index in [1.807, 2.05) is 35.2 Å². The lowest BCUT2D eigenvalue weighted by Gasteiger charge is -2.34. The summed E-state index contributed by atoms with van der Waals surface area (Å²) in [6.07, 6.45) is 5.71. The molecule has 7 heteroatoms. The molecular weight excluding hydrogens is 404 g/mol.